The molecule has 0 spiro atoms. The SMILES string of the molecule is Brc1ccc2c(c1)C(NC1CCCCCC1)CCO2. The number of hydrogen-bond acceptors (Lipinski definition) is 2. The summed E-state index contributed by atoms with van der Waals surface area (Å²) in [5.74, 6) is 1.06. The lowest BCUT2D eigenvalue weighted by molar-refractivity contribution is 0.240. The summed E-state index contributed by atoms with van der Waals surface area (Å²) in [5.41, 5.74) is 1.32. The van der Waals surface area contributed by atoms with E-state index in [0.29, 0.717) is 12.1 Å². The standard InChI is InChI=1S/C16H22BrNO/c17-12-7-8-16-14(11-12)15(9-10-19-16)18-13-5-3-1-2-4-6-13/h7-8,11,13,15,18H,1-6,9-10H2. The second kappa shape index (κ2) is 6.27. The number of ether oxygens (including phenoxy) is 1. The van der Waals surface area contributed by atoms with Crippen LogP contribution in [0.15, 0.2) is 22.7 Å². The van der Waals surface area contributed by atoms with Crippen LogP contribution < -0.4 is 10.1 Å². The lowest BCUT2D eigenvalue weighted by atomic mass is 9.98. The molecule has 19 heavy (non-hydrogen) atoms. The Morgan fingerprint density at radius 2 is 1.84 bits per heavy atom. The Kier molecular flexibility index (Phi) is 4.44. The molecule has 1 saturated carbocycles. The first-order valence-corrected chi connectivity index (χ1v) is 8.30. The molecule has 2 aliphatic rings. The molecule has 1 fully saturated rings. The number of benzene rings is 1. The summed E-state index contributed by atoms with van der Waals surface area (Å²) in [4.78, 5) is 0. The van der Waals surface area contributed by atoms with Gasteiger partial charge in [-0.05, 0) is 31.0 Å². The van der Waals surface area contributed by atoms with Crippen LogP contribution in [0.4, 0.5) is 0 Å². The van der Waals surface area contributed by atoms with Gasteiger partial charge in [0, 0.05) is 28.5 Å². The van der Waals surface area contributed by atoms with Crippen molar-refractivity contribution in [3.05, 3.63) is 28.2 Å². The highest BCUT2D eigenvalue weighted by Gasteiger charge is 2.24. The number of fused-ring (bicyclic) bond motifs is 1. The first-order chi connectivity index (χ1) is 9.33. The van der Waals surface area contributed by atoms with E-state index in [4.69, 9.17) is 4.74 Å². The van der Waals surface area contributed by atoms with E-state index in [-0.39, 0.29) is 0 Å². The second-order valence-electron chi connectivity index (χ2n) is 5.73. The van der Waals surface area contributed by atoms with E-state index in [1.54, 1.807) is 0 Å². The third kappa shape index (κ3) is 3.32. The van der Waals surface area contributed by atoms with Gasteiger partial charge >= 0.3 is 0 Å². The van der Waals surface area contributed by atoms with Crippen LogP contribution in [-0.4, -0.2) is 12.6 Å². The summed E-state index contributed by atoms with van der Waals surface area (Å²) in [5, 5.41) is 3.88. The highest BCUT2D eigenvalue weighted by molar-refractivity contribution is 9.10. The van der Waals surface area contributed by atoms with Crippen molar-refractivity contribution in [3.63, 3.8) is 0 Å². The molecule has 1 aliphatic heterocycles. The molecule has 1 aromatic rings. The van der Waals surface area contributed by atoms with Gasteiger partial charge in [0.15, 0.2) is 0 Å². The summed E-state index contributed by atoms with van der Waals surface area (Å²) in [6, 6.07) is 7.51. The Morgan fingerprint density at radius 3 is 2.63 bits per heavy atom. The van der Waals surface area contributed by atoms with Gasteiger partial charge in [-0.2, -0.15) is 0 Å². The lowest BCUT2D eigenvalue weighted by Gasteiger charge is -2.30. The van der Waals surface area contributed by atoms with E-state index in [9.17, 15) is 0 Å². The van der Waals surface area contributed by atoms with Gasteiger partial charge in [0.1, 0.15) is 5.75 Å². The average molecular weight is 324 g/mol. The zero-order valence-electron chi connectivity index (χ0n) is 11.3. The fourth-order valence-corrected chi connectivity index (χ4v) is 3.65. The van der Waals surface area contributed by atoms with Gasteiger partial charge in [-0.25, -0.2) is 0 Å². The predicted octanol–water partition coefficient (Wildman–Crippen LogP) is 4.59. The Balaban J connectivity index is 1.73. The van der Waals surface area contributed by atoms with Gasteiger partial charge in [-0.3, -0.25) is 0 Å². The molecular weight excluding hydrogens is 302 g/mol. The summed E-state index contributed by atoms with van der Waals surface area (Å²) in [6.45, 7) is 0.832. The zero-order valence-corrected chi connectivity index (χ0v) is 12.9. The molecule has 1 heterocycles. The Hall–Kier alpha value is -0.540. The van der Waals surface area contributed by atoms with E-state index >= 15 is 0 Å². The van der Waals surface area contributed by atoms with Crippen molar-refractivity contribution in [3.8, 4) is 5.75 Å². The molecule has 0 amide bonds. The molecule has 1 unspecified atom stereocenters. The van der Waals surface area contributed by atoms with E-state index in [0.717, 1.165) is 23.2 Å². The van der Waals surface area contributed by atoms with Crippen molar-refractivity contribution in [2.75, 3.05) is 6.61 Å². The minimum atomic E-state index is 0.462. The van der Waals surface area contributed by atoms with Crippen LogP contribution in [0.25, 0.3) is 0 Å². The Morgan fingerprint density at radius 1 is 1.05 bits per heavy atom. The van der Waals surface area contributed by atoms with E-state index in [1.165, 1.54) is 44.1 Å². The maximum absolute atomic E-state index is 5.76. The lowest BCUT2D eigenvalue weighted by Crippen LogP contribution is -2.35. The molecular formula is C16H22BrNO. The molecule has 1 aromatic carbocycles. The molecule has 3 rings (SSSR count). The van der Waals surface area contributed by atoms with Crippen molar-refractivity contribution >= 4 is 15.9 Å². The van der Waals surface area contributed by atoms with Gasteiger partial charge in [-0.15, -0.1) is 0 Å². The molecule has 0 bridgehead atoms. The van der Waals surface area contributed by atoms with E-state index in [2.05, 4.69) is 39.4 Å². The van der Waals surface area contributed by atoms with Gasteiger partial charge in [0.25, 0.3) is 0 Å². The molecule has 3 heteroatoms. The Bertz CT molecular complexity index is 427. The van der Waals surface area contributed by atoms with E-state index in [1.807, 2.05) is 0 Å². The fraction of sp³-hybridized carbons (Fsp3) is 0.625. The molecule has 1 N–H and O–H groups in total. The van der Waals surface area contributed by atoms with Crippen molar-refractivity contribution in [1.82, 2.24) is 5.32 Å². The summed E-state index contributed by atoms with van der Waals surface area (Å²) in [7, 11) is 0. The van der Waals surface area contributed by atoms with Crippen LogP contribution in [-0.2, 0) is 0 Å². The van der Waals surface area contributed by atoms with Gasteiger partial charge in [-0.1, -0.05) is 41.6 Å². The third-order valence-corrected chi connectivity index (χ3v) is 4.80. The third-order valence-electron chi connectivity index (χ3n) is 4.30. The van der Waals surface area contributed by atoms with Crippen LogP contribution in [0.5, 0.6) is 5.75 Å². The van der Waals surface area contributed by atoms with Crippen molar-refractivity contribution in [2.24, 2.45) is 0 Å². The largest absolute Gasteiger partial charge is 0.493 e. The first-order valence-electron chi connectivity index (χ1n) is 7.51. The maximum Gasteiger partial charge on any atom is 0.124 e. The monoisotopic (exact) mass is 323 g/mol. The smallest absolute Gasteiger partial charge is 0.124 e. The van der Waals surface area contributed by atoms with Gasteiger partial charge in [0.2, 0.25) is 0 Å². The van der Waals surface area contributed by atoms with Crippen molar-refractivity contribution < 1.29 is 4.74 Å². The quantitative estimate of drug-likeness (QED) is 0.804. The predicted molar refractivity (Wildman–Crippen MR) is 81.6 cm³/mol. The van der Waals surface area contributed by atoms with Gasteiger partial charge < -0.3 is 10.1 Å². The van der Waals surface area contributed by atoms with Crippen LogP contribution in [0.2, 0.25) is 0 Å². The number of nitrogens with one attached hydrogen (secondary N) is 1. The van der Waals surface area contributed by atoms with Crippen LogP contribution in [0.1, 0.15) is 56.6 Å². The molecule has 0 radical (unpaired) electrons. The minimum Gasteiger partial charge on any atom is -0.493 e. The van der Waals surface area contributed by atoms with Crippen LogP contribution >= 0.6 is 15.9 Å². The van der Waals surface area contributed by atoms with E-state index < -0.39 is 0 Å². The molecule has 0 saturated heterocycles. The van der Waals surface area contributed by atoms with Crippen molar-refractivity contribution in [2.45, 2.75) is 57.0 Å². The molecule has 0 aromatic heterocycles. The normalized spacial score (nSPS) is 24.4. The highest BCUT2D eigenvalue weighted by atomic mass is 79.9. The van der Waals surface area contributed by atoms with Gasteiger partial charge in [0.05, 0.1) is 6.61 Å². The summed E-state index contributed by atoms with van der Waals surface area (Å²) in [6.07, 6.45) is 9.34. The first kappa shape index (κ1) is 13.4. The minimum absolute atomic E-state index is 0.462. The van der Waals surface area contributed by atoms with Crippen LogP contribution in [0, 0.1) is 0 Å². The number of rotatable bonds is 2. The molecule has 2 nitrogen and oxygen atoms in total. The molecule has 1 atom stereocenters. The summed E-state index contributed by atoms with van der Waals surface area (Å²) < 4.78 is 6.90. The number of hydrogen-bond donors (Lipinski definition) is 1. The average Bonchev–Trinajstić information content (AvgIpc) is 2.68. The highest BCUT2D eigenvalue weighted by Crippen LogP contribution is 2.35. The molecule has 104 valence electrons. The fourth-order valence-electron chi connectivity index (χ4n) is 3.27. The summed E-state index contributed by atoms with van der Waals surface area (Å²) >= 11 is 3.57. The second-order valence-corrected chi connectivity index (χ2v) is 6.64. The zero-order chi connectivity index (χ0) is 13.1. The maximum atomic E-state index is 5.76. The van der Waals surface area contributed by atoms with Crippen molar-refractivity contribution in [1.29, 1.82) is 0 Å². The Labute approximate surface area is 124 Å². The number of halogens is 1. The molecule has 1 aliphatic carbocycles. The topological polar surface area (TPSA) is 21.3 Å². The van der Waals surface area contributed by atoms with Crippen LogP contribution in [0.3, 0.4) is 0 Å².